The van der Waals surface area contributed by atoms with E-state index >= 15 is 0 Å². The first-order valence-corrected chi connectivity index (χ1v) is 15.1. The van der Waals surface area contributed by atoms with Gasteiger partial charge in [0.25, 0.3) is 5.91 Å². The van der Waals surface area contributed by atoms with Crippen molar-refractivity contribution < 1.29 is 24.3 Å². The Kier molecular flexibility index (Phi) is 10.5. The summed E-state index contributed by atoms with van der Waals surface area (Å²) in [6, 6.07) is 6.04. The summed E-state index contributed by atoms with van der Waals surface area (Å²) in [6.45, 7) is 8.54. The molecule has 0 radical (unpaired) electrons. The van der Waals surface area contributed by atoms with Crippen LogP contribution in [-0.2, 0) is 25.6 Å². The number of hydrogen-bond acceptors (Lipinski definition) is 7. The van der Waals surface area contributed by atoms with Gasteiger partial charge in [0.2, 0.25) is 11.8 Å². The Balaban J connectivity index is 1.63. The fourth-order valence-electron chi connectivity index (χ4n) is 5.08. The molecule has 10 nitrogen and oxygen atoms in total. The number of carbonyl (C=O) groups excluding carboxylic acids is 3. The average molecular weight is 572 g/mol. The van der Waals surface area contributed by atoms with Crippen LogP contribution in [0.5, 0.6) is 0 Å². The molecule has 3 rings (SSSR count). The van der Waals surface area contributed by atoms with E-state index < -0.39 is 28.9 Å². The number of amidine groups is 1. The molecule has 40 heavy (non-hydrogen) atoms. The number of anilines is 1. The number of nitrogens with one attached hydrogen (secondary N) is 2. The predicted octanol–water partition coefficient (Wildman–Crippen LogP) is 3.75. The highest BCUT2D eigenvalue weighted by Crippen LogP contribution is 2.32. The van der Waals surface area contributed by atoms with E-state index in [4.69, 9.17) is 0 Å². The number of amides is 3. The normalized spacial score (nSPS) is 21.5. The molecule has 2 aliphatic heterocycles. The Bertz CT molecular complexity index is 1160. The molecule has 2 heterocycles. The summed E-state index contributed by atoms with van der Waals surface area (Å²) in [5.41, 5.74) is -0.786. The number of aliphatic carboxylic acids is 1. The number of nitrogens with zero attached hydrogens (tertiary/aromatic N) is 3. The maximum Gasteiger partial charge on any atom is 0.326 e. The molecule has 218 valence electrons. The van der Waals surface area contributed by atoms with Gasteiger partial charge in [0.15, 0.2) is 5.17 Å². The van der Waals surface area contributed by atoms with Crippen LogP contribution in [0.1, 0.15) is 65.4 Å². The van der Waals surface area contributed by atoms with Gasteiger partial charge in [-0.1, -0.05) is 44.7 Å². The van der Waals surface area contributed by atoms with Crippen LogP contribution in [0, 0.1) is 11.3 Å². The smallest absolute Gasteiger partial charge is 0.326 e. The molecule has 1 saturated heterocycles. The SMILES string of the molecule is CCC(CC)(C(=O)NC(CCc1ccc(NC(=O)C2(C)N=C(SC)N=CC2C)cc1)C(=O)O)C(=O)N1CCCC1. The molecule has 1 aromatic rings. The fourth-order valence-corrected chi connectivity index (χ4v) is 5.52. The molecule has 3 unspecified atom stereocenters. The van der Waals surface area contributed by atoms with Gasteiger partial charge >= 0.3 is 5.97 Å². The van der Waals surface area contributed by atoms with Crippen molar-refractivity contribution in [3.8, 4) is 0 Å². The van der Waals surface area contributed by atoms with Crippen molar-refractivity contribution in [3.63, 3.8) is 0 Å². The summed E-state index contributed by atoms with van der Waals surface area (Å²) in [6.07, 6.45) is 6.60. The summed E-state index contributed by atoms with van der Waals surface area (Å²) in [5.74, 6) is -2.29. The van der Waals surface area contributed by atoms with Crippen molar-refractivity contribution in [2.24, 2.45) is 21.3 Å². The maximum absolute atomic E-state index is 13.3. The second kappa shape index (κ2) is 13.4. The van der Waals surface area contributed by atoms with E-state index in [1.165, 1.54) is 11.8 Å². The van der Waals surface area contributed by atoms with E-state index in [0.717, 1.165) is 18.4 Å². The lowest BCUT2D eigenvalue weighted by Gasteiger charge is -2.34. The summed E-state index contributed by atoms with van der Waals surface area (Å²) in [7, 11) is 0. The average Bonchev–Trinajstić information content (AvgIpc) is 3.49. The Hall–Kier alpha value is -3.21. The summed E-state index contributed by atoms with van der Waals surface area (Å²) in [5, 5.41) is 16.0. The molecule has 0 aliphatic carbocycles. The van der Waals surface area contributed by atoms with Crippen molar-refractivity contribution in [2.75, 3.05) is 24.7 Å². The molecule has 0 bridgehead atoms. The first-order chi connectivity index (χ1) is 19.0. The Morgan fingerprint density at radius 3 is 2.33 bits per heavy atom. The van der Waals surface area contributed by atoms with Crippen LogP contribution in [0.4, 0.5) is 5.69 Å². The van der Waals surface area contributed by atoms with Crippen molar-refractivity contribution in [3.05, 3.63) is 29.8 Å². The second-order valence-electron chi connectivity index (χ2n) is 10.7. The molecule has 11 heteroatoms. The lowest BCUT2D eigenvalue weighted by molar-refractivity contribution is -0.153. The first kappa shape index (κ1) is 31.3. The lowest BCUT2D eigenvalue weighted by Crippen LogP contribution is -2.55. The molecule has 1 aromatic carbocycles. The minimum absolute atomic E-state index is 0.162. The topological polar surface area (TPSA) is 141 Å². The zero-order valence-electron chi connectivity index (χ0n) is 24.0. The predicted molar refractivity (Wildman–Crippen MR) is 159 cm³/mol. The van der Waals surface area contributed by atoms with Gasteiger partial charge in [0.05, 0.1) is 0 Å². The molecule has 3 N–H and O–H groups in total. The van der Waals surface area contributed by atoms with Gasteiger partial charge in [0.1, 0.15) is 17.0 Å². The van der Waals surface area contributed by atoms with Crippen LogP contribution >= 0.6 is 11.8 Å². The second-order valence-corrected chi connectivity index (χ2v) is 11.4. The van der Waals surface area contributed by atoms with E-state index in [1.54, 1.807) is 44.0 Å². The van der Waals surface area contributed by atoms with Gasteiger partial charge in [-0.05, 0) is 69.4 Å². The number of carbonyl (C=O) groups is 4. The van der Waals surface area contributed by atoms with Crippen LogP contribution in [0.15, 0.2) is 34.3 Å². The van der Waals surface area contributed by atoms with Gasteiger partial charge in [-0.3, -0.25) is 14.4 Å². The molecule has 2 aliphatic rings. The molecule has 0 spiro atoms. The first-order valence-electron chi connectivity index (χ1n) is 13.9. The van der Waals surface area contributed by atoms with Crippen molar-refractivity contribution in [1.29, 1.82) is 0 Å². The molecule has 0 saturated carbocycles. The number of carboxylic acids is 1. The summed E-state index contributed by atoms with van der Waals surface area (Å²) in [4.78, 5) is 62.2. The minimum Gasteiger partial charge on any atom is -0.480 e. The molecule has 3 atom stereocenters. The third kappa shape index (κ3) is 6.74. The van der Waals surface area contributed by atoms with Crippen LogP contribution in [0.3, 0.4) is 0 Å². The zero-order valence-corrected chi connectivity index (χ0v) is 24.8. The lowest BCUT2D eigenvalue weighted by atomic mass is 9.79. The molecule has 0 aromatic heterocycles. The van der Waals surface area contributed by atoms with E-state index in [1.807, 2.05) is 25.3 Å². The monoisotopic (exact) mass is 571 g/mol. The standard InChI is InChI=1S/C29H41N5O5S/c1-6-29(7-2,26(39)34-16-8-9-17-34)25(38)32-22(23(35)36)15-12-20-10-13-21(14-11-20)31-24(37)28(4)19(3)18-30-27(33-28)40-5/h10-11,13-14,18-19,22H,6-9,12,15-17H2,1-5H3,(H,31,37)(H,32,38)(H,35,36). The van der Waals surface area contributed by atoms with E-state index in [0.29, 0.717) is 43.2 Å². The highest BCUT2D eigenvalue weighted by Gasteiger charge is 2.46. The van der Waals surface area contributed by atoms with Crippen molar-refractivity contribution >= 4 is 52.5 Å². The quantitative estimate of drug-likeness (QED) is 0.346. The highest BCUT2D eigenvalue weighted by molar-refractivity contribution is 8.13. The van der Waals surface area contributed by atoms with Crippen LogP contribution in [0.2, 0.25) is 0 Å². The largest absolute Gasteiger partial charge is 0.480 e. The number of aliphatic imine (C=N–C) groups is 2. The fraction of sp³-hybridized carbons (Fsp3) is 0.586. The van der Waals surface area contributed by atoms with Crippen molar-refractivity contribution in [1.82, 2.24) is 10.2 Å². The van der Waals surface area contributed by atoms with Crippen molar-refractivity contribution in [2.45, 2.75) is 77.8 Å². The van der Waals surface area contributed by atoms with Crippen LogP contribution in [0.25, 0.3) is 0 Å². The number of likely N-dealkylation sites (tertiary alicyclic amines) is 1. The van der Waals surface area contributed by atoms with Gasteiger partial charge in [-0.2, -0.15) is 0 Å². The van der Waals surface area contributed by atoms with Gasteiger partial charge in [-0.25, -0.2) is 14.8 Å². The Labute approximate surface area is 240 Å². The number of rotatable bonds is 11. The molecular weight excluding hydrogens is 530 g/mol. The minimum atomic E-state index is -1.27. The molecule has 1 fully saturated rings. The van der Waals surface area contributed by atoms with Crippen LogP contribution < -0.4 is 10.6 Å². The number of benzene rings is 1. The van der Waals surface area contributed by atoms with E-state index in [9.17, 15) is 24.3 Å². The van der Waals surface area contributed by atoms with Crippen LogP contribution in [-0.4, -0.2) is 76.0 Å². The third-order valence-electron chi connectivity index (χ3n) is 8.25. The van der Waals surface area contributed by atoms with E-state index in [2.05, 4.69) is 20.6 Å². The molecule has 3 amide bonds. The van der Waals surface area contributed by atoms with Gasteiger partial charge in [0, 0.05) is 30.9 Å². The Morgan fingerprint density at radius 1 is 1.15 bits per heavy atom. The summed E-state index contributed by atoms with van der Waals surface area (Å²) >= 11 is 1.38. The van der Waals surface area contributed by atoms with Gasteiger partial charge < -0.3 is 20.6 Å². The van der Waals surface area contributed by atoms with E-state index in [-0.39, 0.29) is 24.2 Å². The maximum atomic E-state index is 13.3. The zero-order chi connectivity index (χ0) is 29.5. The third-order valence-corrected chi connectivity index (χ3v) is 8.81. The number of thioether (sulfide) groups is 1. The summed E-state index contributed by atoms with van der Waals surface area (Å²) < 4.78 is 0. The number of hydrogen-bond donors (Lipinski definition) is 3. The number of carboxylic acid groups (broad SMARTS) is 1. The highest BCUT2D eigenvalue weighted by atomic mass is 32.2. The number of aryl methyl sites for hydroxylation is 1. The molecular formula is C29H41N5O5S. The van der Waals surface area contributed by atoms with Gasteiger partial charge in [-0.15, -0.1) is 0 Å². The Morgan fingerprint density at radius 2 is 1.77 bits per heavy atom.